The maximum Gasteiger partial charge on any atom is 0.237 e. The van der Waals surface area contributed by atoms with Crippen LogP contribution in [0.15, 0.2) is 54.7 Å². The van der Waals surface area contributed by atoms with E-state index in [1.807, 2.05) is 43.5 Å². The lowest BCUT2D eigenvalue weighted by molar-refractivity contribution is -0.126. The molecule has 1 aliphatic heterocycles. The summed E-state index contributed by atoms with van der Waals surface area (Å²) in [5, 5.41) is 3.12. The van der Waals surface area contributed by atoms with Gasteiger partial charge >= 0.3 is 0 Å². The summed E-state index contributed by atoms with van der Waals surface area (Å²) in [6, 6.07) is 16.3. The van der Waals surface area contributed by atoms with Crippen LogP contribution in [0.25, 0.3) is 0 Å². The topological polar surface area (TPSA) is 48.5 Å². The summed E-state index contributed by atoms with van der Waals surface area (Å²) in [5.41, 5.74) is 2.36. The molecule has 5 nitrogen and oxygen atoms in total. The zero-order valence-corrected chi connectivity index (χ0v) is 16.3. The first kappa shape index (κ1) is 19.5. The molecular formula is C22H30N4O. The molecule has 0 radical (unpaired) electrons. The standard InChI is InChI=1S/C22H30N4O/c1-18(20-8-4-3-5-9-20)16-24-22(27)19(2)26-14-12-25(13-15-26)17-21-10-6-7-11-23-21/h3-11,18-19H,12-17H2,1-2H3,(H,24,27). The van der Waals surface area contributed by atoms with Gasteiger partial charge in [-0.15, -0.1) is 0 Å². The minimum absolute atomic E-state index is 0.0926. The maximum atomic E-state index is 12.6. The average Bonchev–Trinajstić information content (AvgIpc) is 2.73. The van der Waals surface area contributed by atoms with Gasteiger partial charge in [0, 0.05) is 45.5 Å². The molecule has 1 N–H and O–H groups in total. The van der Waals surface area contributed by atoms with E-state index in [0.29, 0.717) is 12.5 Å². The molecule has 2 aromatic rings. The number of benzene rings is 1. The molecule has 2 atom stereocenters. The third kappa shape index (κ3) is 5.62. The van der Waals surface area contributed by atoms with Gasteiger partial charge in [-0.25, -0.2) is 0 Å². The molecule has 3 rings (SSSR count). The first-order valence-corrected chi connectivity index (χ1v) is 9.82. The van der Waals surface area contributed by atoms with Gasteiger partial charge in [-0.1, -0.05) is 43.3 Å². The van der Waals surface area contributed by atoms with E-state index in [9.17, 15) is 4.79 Å². The summed E-state index contributed by atoms with van der Waals surface area (Å²) in [7, 11) is 0. The highest BCUT2D eigenvalue weighted by Gasteiger charge is 2.25. The van der Waals surface area contributed by atoms with Gasteiger partial charge in [-0.2, -0.15) is 0 Å². The van der Waals surface area contributed by atoms with Crippen LogP contribution in [-0.2, 0) is 11.3 Å². The SMILES string of the molecule is CC(CNC(=O)C(C)N1CCN(Cc2ccccn2)CC1)c1ccccc1. The van der Waals surface area contributed by atoms with E-state index in [1.165, 1.54) is 5.56 Å². The number of carbonyl (C=O) groups excluding carboxylic acids is 1. The summed E-state index contributed by atoms with van der Waals surface area (Å²) in [6.45, 7) is 9.47. The molecule has 27 heavy (non-hydrogen) atoms. The Labute approximate surface area is 162 Å². The second-order valence-corrected chi connectivity index (χ2v) is 7.37. The predicted octanol–water partition coefficient (Wildman–Crippen LogP) is 2.51. The lowest BCUT2D eigenvalue weighted by Crippen LogP contribution is -2.53. The van der Waals surface area contributed by atoms with E-state index in [1.54, 1.807) is 0 Å². The lowest BCUT2D eigenvalue weighted by Gasteiger charge is -2.37. The molecular weight excluding hydrogens is 336 g/mol. The van der Waals surface area contributed by atoms with Gasteiger partial charge in [0.05, 0.1) is 11.7 Å². The third-order valence-electron chi connectivity index (χ3n) is 5.40. The fraction of sp³-hybridized carbons (Fsp3) is 0.455. The van der Waals surface area contributed by atoms with Crippen molar-refractivity contribution in [3.8, 4) is 0 Å². The first-order chi connectivity index (χ1) is 13.1. The highest BCUT2D eigenvalue weighted by molar-refractivity contribution is 5.81. The van der Waals surface area contributed by atoms with Crippen LogP contribution in [0.5, 0.6) is 0 Å². The molecule has 144 valence electrons. The minimum Gasteiger partial charge on any atom is -0.354 e. The Morgan fingerprint density at radius 3 is 2.41 bits per heavy atom. The molecule has 0 aliphatic carbocycles. The van der Waals surface area contributed by atoms with Crippen LogP contribution < -0.4 is 5.32 Å². The Morgan fingerprint density at radius 2 is 1.74 bits per heavy atom. The molecule has 1 aliphatic rings. The van der Waals surface area contributed by atoms with E-state index >= 15 is 0 Å². The predicted molar refractivity (Wildman–Crippen MR) is 108 cm³/mol. The quantitative estimate of drug-likeness (QED) is 0.818. The van der Waals surface area contributed by atoms with Crippen LogP contribution in [0.2, 0.25) is 0 Å². The van der Waals surface area contributed by atoms with Crippen molar-refractivity contribution < 1.29 is 4.79 Å². The van der Waals surface area contributed by atoms with Crippen molar-refractivity contribution in [2.45, 2.75) is 32.4 Å². The third-order valence-corrected chi connectivity index (χ3v) is 5.40. The number of nitrogens with zero attached hydrogens (tertiary/aromatic N) is 3. The lowest BCUT2D eigenvalue weighted by atomic mass is 10.0. The van der Waals surface area contributed by atoms with Crippen molar-refractivity contribution >= 4 is 5.91 Å². The molecule has 1 aromatic heterocycles. The Kier molecular flexibility index (Phi) is 6.96. The zero-order valence-electron chi connectivity index (χ0n) is 16.3. The van der Waals surface area contributed by atoms with Gasteiger partial charge in [-0.3, -0.25) is 19.6 Å². The monoisotopic (exact) mass is 366 g/mol. The van der Waals surface area contributed by atoms with E-state index in [0.717, 1.165) is 38.4 Å². The Bertz CT molecular complexity index is 699. The normalized spacial score (nSPS) is 18.0. The molecule has 2 unspecified atom stereocenters. The van der Waals surface area contributed by atoms with Gasteiger partial charge < -0.3 is 5.32 Å². The number of nitrogens with one attached hydrogen (secondary N) is 1. The summed E-state index contributed by atoms with van der Waals surface area (Å²) in [4.78, 5) is 21.7. The van der Waals surface area contributed by atoms with Gasteiger partial charge in [0.2, 0.25) is 5.91 Å². The molecule has 0 spiro atoms. The smallest absolute Gasteiger partial charge is 0.237 e. The number of amides is 1. The number of pyridine rings is 1. The summed E-state index contributed by atoms with van der Waals surface area (Å²) < 4.78 is 0. The fourth-order valence-corrected chi connectivity index (χ4v) is 3.50. The van der Waals surface area contributed by atoms with Crippen molar-refractivity contribution in [2.24, 2.45) is 0 Å². The van der Waals surface area contributed by atoms with Gasteiger partial charge in [0.1, 0.15) is 0 Å². The van der Waals surface area contributed by atoms with Crippen LogP contribution in [0.3, 0.4) is 0 Å². The van der Waals surface area contributed by atoms with Gasteiger partial charge in [-0.05, 0) is 30.5 Å². The van der Waals surface area contributed by atoms with Crippen LogP contribution in [0.1, 0.15) is 31.0 Å². The Hall–Kier alpha value is -2.24. The van der Waals surface area contributed by atoms with Crippen molar-refractivity contribution in [1.82, 2.24) is 20.1 Å². The van der Waals surface area contributed by atoms with Crippen molar-refractivity contribution in [3.63, 3.8) is 0 Å². The molecule has 1 aromatic carbocycles. The average molecular weight is 367 g/mol. The van der Waals surface area contributed by atoms with Crippen LogP contribution in [-0.4, -0.2) is 59.5 Å². The largest absolute Gasteiger partial charge is 0.354 e. The fourth-order valence-electron chi connectivity index (χ4n) is 3.50. The molecule has 1 fully saturated rings. The highest BCUT2D eigenvalue weighted by Crippen LogP contribution is 2.14. The van der Waals surface area contributed by atoms with Gasteiger partial charge in [0.25, 0.3) is 0 Å². The molecule has 2 heterocycles. The van der Waals surface area contributed by atoms with Crippen LogP contribution >= 0.6 is 0 Å². The number of rotatable bonds is 7. The van der Waals surface area contributed by atoms with Crippen molar-refractivity contribution in [1.29, 1.82) is 0 Å². The summed E-state index contributed by atoms with van der Waals surface area (Å²) in [6.07, 6.45) is 1.84. The number of hydrogen-bond donors (Lipinski definition) is 1. The molecule has 0 bridgehead atoms. The first-order valence-electron chi connectivity index (χ1n) is 9.82. The number of carbonyl (C=O) groups is 1. The van der Waals surface area contributed by atoms with E-state index in [4.69, 9.17) is 0 Å². The number of aromatic nitrogens is 1. The summed E-state index contributed by atoms with van der Waals surface area (Å²) in [5.74, 6) is 0.438. The van der Waals surface area contributed by atoms with Crippen molar-refractivity contribution in [2.75, 3.05) is 32.7 Å². The van der Waals surface area contributed by atoms with E-state index in [2.05, 4.69) is 45.2 Å². The summed E-state index contributed by atoms with van der Waals surface area (Å²) >= 11 is 0. The molecule has 1 saturated heterocycles. The maximum absolute atomic E-state index is 12.6. The Balaban J connectivity index is 1.41. The minimum atomic E-state index is -0.0926. The molecule has 0 saturated carbocycles. The van der Waals surface area contributed by atoms with Crippen molar-refractivity contribution in [3.05, 3.63) is 66.0 Å². The Morgan fingerprint density at radius 1 is 1.04 bits per heavy atom. The van der Waals surface area contributed by atoms with Gasteiger partial charge in [0.15, 0.2) is 0 Å². The second-order valence-electron chi connectivity index (χ2n) is 7.37. The van der Waals surface area contributed by atoms with E-state index < -0.39 is 0 Å². The van der Waals surface area contributed by atoms with Crippen LogP contribution in [0.4, 0.5) is 0 Å². The zero-order chi connectivity index (χ0) is 19.1. The molecule has 1 amide bonds. The number of piperazine rings is 1. The highest BCUT2D eigenvalue weighted by atomic mass is 16.2. The second kappa shape index (κ2) is 9.62. The van der Waals surface area contributed by atoms with Crippen LogP contribution in [0, 0.1) is 0 Å². The molecule has 5 heteroatoms. The number of hydrogen-bond acceptors (Lipinski definition) is 4. The van der Waals surface area contributed by atoms with E-state index in [-0.39, 0.29) is 11.9 Å².